The number of aromatic nitrogens is 4. The Bertz CT molecular complexity index is 1070. The molecule has 0 N–H and O–H groups in total. The lowest BCUT2D eigenvalue weighted by Gasteiger charge is -2.30. The van der Waals surface area contributed by atoms with Gasteiger partial charge in [-0.2, -0.15) is 4.68 Å². The summed E-state index contributed by atoms with van der Waals surface area (Å²) >= 11 is 1.47. The molecule has 4 aliphatic rings. The number of nitrogens with zero attached hydrogens (tertiary/aromatic N) is 5. The highest BCUT2D eigenvalue weighted by Crippen LogP contribution is 2.30. The number of thioether (sulfide) groups is 1. The Morgan fingerprint density at radius 2 is 1.86 bits per heavy atom. The van der Waals surface area contributed by atoms with Crippen LogP contribution in [0, 0.1) is 0 Å². The predicted molar refractivity (Wildman–Crippen MR) is 112 cm³/mol. The molecule has 1 aromatic rings. The van der Waals surface area contributed by atoms with Gasteiger partial charge in [0.1, 0.15) is 5.56 Å². The molecule has 7 nitrogen and oxygen atoms in total. The zero-order valence-electron chi connectivity index (χ0n) is 16.2. The van der Waals surface area contributed by atoms with Gasteiger partial charge in [-0.15, -0.1) is 5.10 Å². The SMILES string of the molecule is O=C(CSc1nc2nn(-c3ccccc3)c(=O)c-2c2n1CCCCC2)N1CCC1. The highest BCUT2D eigenvalue weighted by molar-refractivity contribution is 7.99. The standard InChI is InChI=1S/C21H23N5O2S/c27-17(24-11-7-12-24)14-29-21-22-19-18(16-10-5-2-6-13-25(16)21)20(28)26(23-19)15-8-3-1-4-9-15/h1,3-4,8-9H,2,5-7,10-14H2. The Kier molecular flexibility index (Phi) is 4.87. The first-order valence-corrected chi connectivity index (χ1v) is 11.2. The van der Waals surface area contributed by atoms with E-state index in [1.807, 2.05) is 35.2 Å². The zero-order chi connectivity index (χ0) is 19.8. The van der Waals surface area contributed by atoms with Crippen molar-refractivity contribution < 1.29 is 4.79 Å². The number of hydrogen-bond donors (Lipinski definition) is 0. The number of hydrogen-bond acceptors (Lipinski definition) is 5. The minimum atomic E-state index is -0.113. The first kappa shape index (κ1) is 18.4. The van der Waals surface area contributed by atoms with Gasteiger partial charge in [0.05, 0.1) is 11.4 Å². The third-order valence-electron chi connectivity index (χ3n) is 5.70. The van der Waals surface area contributed by atoms with Crippen molar-refractivity contribution in [3.05, 3.63) is 46.4 Å². The highest BCUT2D eigenvalue weighted by Gasteiger charge is 2.28. The van der Waals surface area contributed by atoms with Crippen molar-refractivity contribution in [3.8, 4) is 17.1 Å². The minimum absolute atomic E-state index is 0.113. The summed E-state index contributed by atoms with van der Waals surface area (Å²) in [6, 6.07) is 9.46. The van der Waals surface area contributed by atoms with Crippen LogP contribution in [0.25, 0.3) is 17.1 Å². The molecule has 0 aromatic heterocycles. The second kappa shape index (κ2) is 7.67. The van der Waals surface area contributed by atoms with E-state index in [9.17, 15) is 9.59 Å². The first-order chi connectivity index (χ1) is 14.2. The van der Waals surface area contributed by atoms with Crippen LogP contribution in [0.3, 0.4) is 0 Å². The molecule has 29 heavy (non-hydrogen) atoms. The Morgan fingerprint density at radius 1 is 1.03 bits per heavy atom. The lowest BCUT2D eigenvalue weighted by Crippen LogP contribution is -2.43. The maximum absolute atomic E-state index is 13.2. The maximum atomic E-state index is 13.2. The molecular formula is C21H23N5O2S. The fourth-order valence-electron chi connectivity index (χ4n) is 3.99. The third kappa shape index (κ3) is 3.35. The fraction of sp³-hybridized carbons (Fsp3) is 0.429. The molecule has 150 valence electrons. The largest absolute Gasteiger partial charge is 0.342 e. The second-order valence-electron chi connectivity index (χ2n) is 7.58. The van der Waals surface area contributed by atoms with Crippen molar-refractivity contribution in [3.63, 3.8) is 0 Å². The van der Waals surface area contributed by atoms with Crippen LogP contribution in [0.5, 0.6) is 0 Å². The lowest BCUT2D eigenvalue weighted by molar-refractivity contribution is -0.131. The number of amides is 1. The number of fused-ring (bicyclic) bond motifs is 3. The van der Waals surface area contributed by atoms with Gasteiger partial charge in [-0.3, -0.25) is 9.59 Å². The molecule has 4 heterocycles. The molecule has 1 saturated heterocycles. The van der Waals surface area contributed by atoms with Crippen LogP contribution < -0.4 is 5.56 Å². The first-order valence-electron chi connectivity index (χ1n) is 10.2. The van der Waals surface area contributed by atoms with Gasteiger partial charge >= 0.3 is 0 Å². The quantitative estimate of drug-likeness (QED) is 0.489. The topological polar surface area (TPSA) is 73.0 Å². The number of likely N-dealkylation sites (tertiary alicyclic amines) is 1. The van der Waals surface area contributed by atoms with Gasteiger partial charge in [-0.25, -0.2) is 4.98 Å². The molecule has 4 aliphatic heterocycles. The fourth-order valence-corrected chi connectivity index (χ4v) is 4.93. The summed E-state index contributed by atoms with van der Waals surface area (Å²) in [6.45, 7) is 2.55. The molecule has 0 bridgehead atoms. The van der Waals surface area contributed by atoms with E-state index in [4.69, 9.17) is 4.98 Å². The van der Waals surface area contributed by atoms with E-state index in [2.05, 4.69) is 9.67 Å². The average Bonchev–Trinajstić information content (AvgIpc) is 2.87. The van der Waals surface area contributed by atoms with Gasteiger partial charge in [0.25, 0.3) is 5.56 Å². The summed E-state index contributed by atoms with van der Waals surface area (Å²) < 4.78 is 3.60. The van der Waals surface area contributed by atoms with Crippen LogP contribution in [-0.2, 0) is 17.8 Å². The Labute approximate surface area is 173 Å². The minimum Gasteiger partial charge on any atom is -0.342 e. The highest BCUT2D eigenvalue weighted by atomic mass is 32.2. The van der Waals surface area contributed by atoms with E-state index < -0.39 is 0 Å². The molecule has 1 amide bonds. The van der Waals surface area contributed by atoms with E-state index in [1.54, 1.807) is 0 Å². The predicted octanol–water partition coefficient (Wildman–Crippen LogP) is 2.58. The van der Waals surface area contributed by atoms with Crippen molar-refractivity contribution in [2.24, 2.45) is 0 Å². The van der Waals surface area contributed by atoms with E-state index in [0.717, 1.165) is 68.3 Å². The average molecular weight is 410 g/mol. The summed E-state index contributed by atoms with van der Waals surface area (Å²) in [4.78, 5) is 32.2. The maximum Gasteiger partial charge on any atom is 0.284 e. The van der Waals surface area contributed by atoms with Gasteiger partial charge in [0, 0.05) is 25.3 Å². The van der Waals surface area contributed by atoms with Gasteiger partial charge in [-0.1, -0.05) is 36.4 Å². The monoisotopic (exact) mass is 409 g/mol. The van der Waals surface area contributed by atoms with Gasteiger partial charge in [0.2, 0.25) is 5.91 Å². The van der Waals surface area contributed by atoms with Gasteiger partial charge in [-0.05, 0) is 37.8 Å². The molecule has 8 heteroatoms. The molecule has 1 fully saturated rings. The van der Waals surface area contributed by atoms with Crippen molar-refractivity contribution in [1.82, 2.24) is 24.2 Å². The Hall–Kier alpha value is -2.61. The normalized spacial score (nSPS) is 16.3. The molecule has 0 unspecified atom stereocenters. The molecule has 0 spiro atoms. The molecule has 0 radical (unpaired) electrons. The third-order valence-corrected chi connectivity index (χ3v) is 6.66. The molecule has 0 saturated carbocycles. The van der Waals surface area contributed by atoms with Gasteiger partial charge < -0.3 is 9.47 Å². The molecule has 1 aromatic carbocycles. The van der Waals surface area contributed by atoms with Crippen molar-refractivity contribution in [2.75, 3.05) is 18.8 Å². The van der Waals surface area contributed by atoms with Crippen molar-refractivity contribution in [1.29, 1.82) is 0 Å². The lowest BCUT2D eigenvalue weighted by atomic mass is 10.1. The van der Waals surface area contributed by atoms with E-state index in [-0.39, 0.29) is 11.5 Å². The van der Waals surface area contributed by atoms with Crippen LogP contribution in [0.15, 0.2) is 40.3 Å². The molecule has 0 aliphatic carbocycles. The second-order valence-corrected chi connectivity index (χ2v) is 8.52. The van der Waals surface area contributed by atoms with Crippen LogP contribution in [0.4, 0.5) is 0 Å². The molecule has 5 rings (SSSR count). The smallest absolute Gasteiger partial charge is 0.284 e. The number of carbonyl (C=O) groups excluding carboxylic acids is 1. The number of rotatable bonds is 4. The molecule has 0 atom stereocenters. The van der Waals surface area contributed by atoms with Crippen molar-refractivity contribution in [2.45, 2.75) is 43.8 Å². The summed E-state index contributed by atoms with van der Waals surface area (Å²) in [7, 11) is 0. The van der Waals surface area contributed by atoms with Gasteiger partial charge in [0.15, 0.2) is 11.0 Å². The van der Waals surface area contributed by atoms with E-state index >= 15 is 0 Å². The Morgan fingerprint density at radius 3 is 2.62 bits per heavy atom. The zero-order valence-corrected chi connectivity index (χ0v) is 17.0. The summed E-state index contributed by atoms with van der Waals surface area (Å²) in [6.07, 6.45) is 5.16. The van der Waals surface area contributed by atoms with Crippen LogP contribution in [0.2, 0.25) is 0 Å². The Balaban J connectivity index is 1.58. The van der Waals surface area contributed by atoms with Crippen molar-refractivity contribution >= 4 is 17.7 Å². The van der Waals surface area contributed by atoms with Crippen LogP contribution in [-0.4, -0.2) is 49.0 Å². The van der Waals surface area contributed by atoms with Crippen LogP contribution >= 0.6 is 11.8 Å². The summed E-state index contributed by atoms with van der Waals surface area (Å²) in [5.74, 6) is 1.01. The summed E-state index contributed by atoms with van der Waals surface area (Å²) in [5.41, 5.74) is 2.26. The van der Waals surface area contributed by atoms with E-state index in [0.29, 0.717) is 17.1 Å². The van der Waals surface area contributed by atoms with Crippen LogP contribution in [0.1, 0.15) is 31.4 Å². The molecular weight excluding hydrogens is 386 g/mol. The number of benzene rings is 1. The number of carbonyl (C=O) groups is 1. The number of para-hydroxylation sites is 1. The summed E-state index contributed by atoms with van der Waals surface area (Å²) in [5, 5.41) is 5.34. The van der Waals surface area contributed by atoms with E-state index in [1.165, 1.54) is 16.4 Å².